The number of hydrogen-bond acceptors (Lipinski definition) is 6. The number of rotatable bonds is 4. The minimum absolute atomic E-state index is 0.00401. The standard InChI is InChI=1S/C23H15Cl2N5O2S/c24-15-5-6-18(17(25)10-15)29-23-30(27-11-16-3-1-2-8-26-16)20(13-33-23)14-4-7-21-19(9-14)28-22(31)12-32-21/h1-11,13H,12H2,(H,28,31). The minimum Gasteiger partial charge on any atom is -0.482 e. The van der Waals surface area contributed by atoms with Gasteiger partial charge < -0.3 is 10.1 Å². The number of carbonyl (C=O) groups excluding carboxylic acids is 1. The Morgan fingerprint density at radius 1 is 1.15 bits per heavy atom. The molecule has 33 heavy (non-hydrogen) atoms. The maximum absolute atomic E-state index is 11.8. The summed E-state index contributed by atoms with van der Waals surface area (Å²) in [5, 5.41) is 10.4. The zero-order valence-electron chi connectivity index (χ0n) is 16.9. The minimum atomic E-state index is -0.195. The predicted molar refractivity (Wildman–Crippen MR) is 131 cm³/mol. The van der Waals surface area contributed by atoms with Gasteiger partial charge in [-0.3, -0.25) is 9.78 Å². The molecule has 0 unspecified atom stereocenters. The lowest BCUT2D eigenvalue weighted by Gasteiger charge is -2.18. The molecule has 1 aliphatic rings. The normalized spacial score (nSPS) is 13.6. The van der Waals surface area contributed by atoms with Crippen LogP contribution in [-0.4, -0.2) is 28.4 Å². The highest BCUT2D eigenvalue weighted by Crippen LogP contribution is 2.33. The summed E-state index contributed by atoms with van der Waals surface area (Å²) in [6.45, 7) is 0.00401. The van der Waals surface area contributed by atoms with Crippen LogP contribution < -0.4 is 14.9 Å². The molecular weight excluding hydrogens is 481 g/mol. The van der Waals surface area contributed by atoms with E-state index in [4.69, 9.17) is 32.9 Å². The summed E-state index contributed by atoms with van der Waals surface area (Å²) in [5.74, 6) is 0.425. The quantitative estimate of drug-likeness (QED) is 0.386. The lowest BCUT2D eigenvalue weighted by atomic mass is 10.1. The summed E-state index contributed by atoms with van der Waals surface area (Å²) >= 11 is 13.8. The summed E-state index contributed by atoms with van der Waals surface area (Å²) < 4.78 is 7.18. The maximum atomic E-state index is 11.8. The molecule has 0 aliphatic carbocycles. The van der Waals surface area contributed by atoms with Gasteiger partial charge in [0.05, 0.1) is 34.0 Å². The van der Waals surface area contributed by atoms with Crippen LogP contribution in [0.15, 0.2) is 76.3 Å². The molecule has 2 aromatic heterocycles. The largest absolute Gasteiger partial charge is 0.482 e. The van der Waals surface area contributed by atoms with E-state index >= 15 is 0 Å². The number of fused-ring (bicyclic) bond motifs is 1. The summed E-state index contributed by atoms with van der Waals surface area (Å²) in [4.78, 5) is 21.3. The molecule has 0 spiro atoms. The van der Waals surface area contributed by atoms with Crippen molar-refractivity contribution in [2.45, 2.75) is 0 Å². The molecule has 7 nitrogen and oxygen atoms in total. The smallest absolute Gasteiger partial charge is 0.262 e. The number of nitrogens with one attached hydrogen (secondary N) is 1. The first-order chi connectivity index (χ1) is 16.1. The van der Waals surface area contributed by atoms with Gasteiger partial charge in [0, 0.05) is 22.2 Å². The van der Waals surface area contributed by atoms with Crippen LogP contribution in [0.3, 0.4) is 0 Å². The number of hydrogen-bond donors (Lipinski definition) is 1. The van der Waals surface area contributed by atoms with Gasteiger partial charge in [-0.15, -0.1) is 11.3 Å². The Hall–Kier alpha value is -3.46. The molecule has 0 bridgehead atoms. The summed E-state index contributed by atoms with van der Waals surface area (Å²) in [7, 11) is 0. The van der Waals surface area contributed by atoms with E-state index in [2.05, 4.69) is 15.4 Å². The fourth-order valence-corrected chi connectivity index (χ4v) is 4.47. The number of ether oxygens (including phenoxy) is 1. The Morgan fingerprint density at radius 2 is 2.06 bits per heavy atom. The van der Waals surface area contributed by atoms with Crippen LogP contribution in [0.1, 0.15) is 5.69 Å². The van der Waals surface area contributed by atoms with Crippen molar-refractivity contribution in [3.8, 4) is 17.0 Å². The monoisotopic (exact) mass is 495 g/mol. The second-order valence-electron chi connectivity index (χ2n) is 6.97. The van der Waals surface area contributed by atoms with Crippen molar-refractivity contribution in [3.63, 3.8) is 0 Å². The second-order valence-corrected chi connectivity index (χ2v) is 8.65. The SMILES string of the molecule is O=C1COc2ccc(-c3csc(=Nc4ccc(Cl)cc4Cl)n3N=Cc3ccccn3)cc2N1. The Balaban J connectivity index is 1.64. The second kappa shape index (κ2) is 9.19. The topological polar surface area (TPSA) is 80.9 Å². The van der Waals surface area contributed by atoms with Crippen molar-refractivity contribution in [2.24, 2.45) is 10.1 Å². The van der Waals surface area contributed by atoms with Gasteiger partial charge in [-0.1, -0.05) is 29.3 Å². The van der Waals surface area contributed by atoms with Gasteiger partial charge in [-0.05, 0) is 48.5 Å². The molecule has 2 aromatic carbocycles. The summed E-state index contributed by atoms with van der Waals surface area (Å²) in [6, 6.07) is 16.3. The van der Waals surface area contributed by atoms with Crippen LogP contribution in [0.2, 0.25) is 10.0 Å². The van der Waals surface area contributed by atoms with Gasteiger partial charge >= 0.3 is 0 Å². The molecule has 4 aromatic rings. The Kier molecular flexibility index (Phi) is 5.95. The number of thiazole rings is 1. The van der Waals surface area contributed by atoms with Crippen LogP contribution in [-0.2, 0) is 4.79 Å². The van der Waals surface area contributed by atoms with E-state index in [1.807, 2.05) is 41.8 Å². The van der Waals surface area contributed by atoms with E-state index in [1.165, 1.54) is 11.3 Å². The molecule has 1 aliphatic heterocycles. The van der Waals surface area contributed by atoms with Crippen LogP contribution in [0.25, 0.3) is 11.3 Å². The zero-order chi connectivity index (χ0) is 22.8. The van der Waals surface area contributed by atoms with Crippen LogP contribution in [0.5, 0.6) is 5.75 Å². The van der Waals surface area contributed by atoms with Gasteiger partial charge in [0.25, 0.3) is 5.91 Å². The summed E-state index contributed by atoms with van der Waals surface area (Å²) in [5.41, 5.74) is 3.48. The molecular formula is C23H15Cl2N5O2S. The fourth-order valence-electron chi connectivity index (χ4n) is 3.17. The highest BCUT2D eigenvalue weighted by atomic mass is 35.5. The highest BCUT2D eigenvalue weighted by Gasteiger charge is 2.18. The first kappa shape index (κ1) is 21.4. The first-order valence-electron chi connectivity index (χ1n) is 9.79. The molecule has 1 N–H and O–H groups in total. The van der Waals surface area contributed by atoms with E-state index in [0.717, 1.165) is 11.3 Å². The molecule has 0 radical (unpaired) electrons. The number of carbonyl (C=O) groups is 1. The fraction of sp³-hybridized carbons (Fsp3) is 0.0435. The van der Waals surface area contributed by atoms with Gasteiger partial charge in [0.2, 0.25) is 4.80 Å². The maximum Gasteiger partial charge on any atom is 0.262 e. The number of benzene rings is 2. The zero-order valence-corrected chi connectivity index (χ0v) is 19.2. The van der Waals surface area contributed by atoms with Crippen LogP contribution in [0, 0.1) is 0 Å². The number of pyridine rings is 1. The van der Waals surface area contributed by atoms with Gasteiger partial charge in [-0.25, -0.2) is 9.67 Å². The molecule has 0 saturated carbocycles. The van der Waals surface area contributed by atoms with Crippen molar-refractivity contribution in [3.05, 3.63) is 86.7 Å². The van der Waals surface area contributed by atoms with Crippen molar-refractivity contribution in [1.29, 1.82) is 0 Å². The molecule has 0 fully saturated rings. The number of aromatic nitrogens is 2. The van der Waals surface area contributed by atoms with Crippen LogP contribution >= 0.6 is 34.5 Å². The summed E-state index contributed by atoms with van der Waals surface area (Å²) in [6.07, 6.45) is 3.35. The first-order valence-corrected chi connectivity index (χ1v) is 11.4. The Labute approximate surface area is 202 Å². The van der Waals surface area contributed by atoms with E-state index in [0.29, 0.717) is 37.7 Å². The lowest BCUT2D eigenvalue weighted by molar-refractivity contribution is -0.118. The number of amides is 1. The molecule has 0 saturated heterocycles. The number of halogens is 2. The van der Waals surface area contributed by atoms with E-state index < -0.39 is 0 Å². The van der Waals surface area contributed by atoms with Gasteiger partial charge in [0.1, 0.15) is 5.75 Å². The molecule has 1 amide bonds. The third kappa shape index (κ3) is 4.68. The molecule has 164 valence electrons. The predicted octanol–water partition coefficient (Wildman–Crippen LogP) is 5.36. The van der Waals surface area contributed by atoms with E-state index in [1.54, 1.807) is 35.3 Å². The van der Waals surface area contributed by atoms with Crippen molar-refractivity contribution >= 4 is 58.0 Å². The molecule has 5 rings (SSSR count). The van der Waals surface area contributed by atoms with Gasteiger partial charge in [0.15, 0.2) is 6.61 Å². The number of nitrogens with zero attached hydrogens (tertiary/aromatic N) is 4. The molecule has 3 heterocycles. The molecule has 0 atom stereocenters. The van der Waals surface area contributed by atoms with Crippen molar-refractivity contribution in [2.75, 3.05) is 11.9 Å². The van der Waals surface area contributed by atoms with Crippen molar-refractivity contribution in [1.82, 2.24) is 9.66 Å². The van der Waals surface area contributed by atoms with E-state index in [9.17, 15) is 4.79 Å². The average Bonchev–Trinajstić information content (AvgIpc) is 3.22. The highest BCUT2D eigenvalue weighted by molar-refractivity contribution is 7.07. The molecule has 10 heteroatoms. The van der Waals surface area contributed by atoms with E-state index in [-0.39, 0.29) is 12.5 Å². The lowest BCUT2D eigenvalue weighted by Crippen LogP contribution is -2.25. The Morgan fingerprint density at radius 3 is 2.88 bits per heavy atom. The Bertz CT molecular complexity index is 1450. The van der Waals surface area contributed by atoms with Crippen molar-refractivity contribution < 1.29 is 9.53 Å². The number of anilines is 1. The van der Waals surface area contributed by atoms with Gasteiger partial charge in [-0.2, -0.15) is 5.10 Å². The third-order valence-electron chi connectivity index (χ3n) is 4.71. The average molecular weight is 496 g/mol. The third-order valence-corrected chi connectivity index (χ3v) is 6.07. The van der Waals surface area contributed by atoms with Crippen LogP contribution in [0.4, 0.5) is 11.4 Å².